The molecule has 0 bridgehead atoms. The molecule has 1 radical (unpaired) electrons. The summed E-state index contributed by atoms with van der Waals surface area (Å²) in [4.78, 5) is 0. The Hall–Kier alpha value is -0.0400. The van der Waals surface area contributed by atoms with Gasteiger partial charge in [0, 0.05) is 0 Å². The maximum atomic E-state index is 10.9. The number of hydrogen-bond acceptors (Lipinski definition) is 0. The van der Waals surface area contributed by atoms with Crippen molar-refractivity contribution in [2.45, 2.75) is 45.1 Å². The Balaban J connectivity index is 2.25. The summed E-state index contributed by atoms with van der Waals surface area (Å²) in [6.45, 7) is 2.25. The Bertz CT molecular complexity index is 70.6. The first-order valence-corrected chi connectivity index (χ1v) is 3.95. The van der Waals surface area contributed by atoms with Crippen LogP contribution in [0.2, 0.25) is 0 Å². The van der Waals surface area contributed by atoms with Crippen LogP contribution in [0, 0.1) is 5.92 Å². The first kappa shape index (κ1) is 7.07. The lowest BCUT2D eigenvalue weighted by Crippen LogP contribution is -2.00. The van der Waals surface area contributed by atoms with E-state index in [9.17, 15) is 5.11 Å². The van der Waals surface area contributed by atoms with Gasteiger partial charge in [0.05, 0.1) is 6.10 Å². The molecule has 2 unspecified atom stereocenters. The van der Waals surface area contributed by atoms with E-state index in [2.05, 4.69) is 6.92 Å². The predicted molar refractivity (Wildman–Crippen MR) is 36.7 cm³/mol. The van der Waals surface area contributed by atoms with E-state index in [0.29, 0.717) is 0 Å². The smallest absolute Gasteiger partial charge is 0.0930 e. The molecule has 0 N–H and O–H groups in total. The van der Waals surface area contributed by atoms with Crippen molar-refractivity contribution in [2.75, 3.05) is 0 Å². The summed E-state index contributed by atoms with van der Waals surface area (Å²) in [6.07, 6.45) is 5.20. The van der Waals surface area contributed by atoms with Crippen LogP contribution in [0.1, 0.15) is 39.0 Å². The molecule has 1 fully saturated rings. The molecular formula is C8H15O. The minimum atomic E-state index is -0.241. The molecular weight excluding hydrogens is 112 g/mol. The highest BCUT2D eigenvalue weighted by Crippen LogP contribution is 2.22. The van der Waals surface area contributed by atoms with Gasteiger partial charge in [0.15, 0.2) is 0 Å². The van der Waals surface area contributed by atoms with Crippen molar-refractivity contribution in [3.05, 3.63) is 0 Å². The van der Waals surface area contributed by atoms with Gasteiger partial charge in [-0.1, -0.05) is 19.8 Å². The van der Waals surface area contributed by atoms with Crippen LogP contribution in [0.25, 0.3) is 0 Å². The van der Waals surface area contributed by atoms with Gasteiger partial charge in [-0.15, -0.1) is 0 Å². The van der Waals surface area contributed by atoms with Crippen LogP contribution in [0.15, 0.2) is 0 Å². The summed E-state index contributed by atoms with van der Waals surface area (Å²) in [5, 5.41) is 10.9. The number of rotatable bonds is 0. The second-order valence-electron chi connectivity index (χ2n) is 3.24. The maximum Gasteiger partial charge on any atom is 0.0930 e. The van der Waals surface area contributed by atoms with E-state index in [0.717, 1.165) is 31.6 Å². The van der Waals surface area contributed by atoms with Gasteiger partial charge in [-0.3, -0.25) is 0 Å². The van der Waals surface area contributed by atoms with E-state index in [1.165, 1.54) is 6.42 Å². The maximum absolute atomic E-state index is 10.9. The molecule has 0 amide bonds. The Morgan fingerprint density at radius 3 is 2.67 bits per heavy atom. The van der Waals surface area contributed by atoms with E-state index in [1.807, 2.05) is 0 Å². The summed E-state index contributed by atoms with van der Waals surface area (Å²) in [5.41, 5.74) is 0. The highest BCUT2D eigenvalue weighted by Gasteiger charge is 2.13. The average Bonchev–Trinajstić information content (AvgIpc) is 1.97. The fourth-order valence-corrected chi connectivity index (χ4v) is 1.45. The van der Waals surface area contributed by atoms with Crippen molar-refractivity contribution in [3.8, 4) is 0 Å². The van der Waals surface area contributed by atoms with Crippen LogP contribution in [0.3, 0.4) is 0 Å². The summed E-state index contributed by atoms with van der Waals surface area (Å²) in [7, 11) is 0. The third kappa shape index (κ3) is 2.35. The fourth-order valence-electron chi connectivity index (χ4n) is 1.45. The highest BCUT2D eigenvalue weighted by molar-refractivity contribution is 4.65. The first-order valence-electron chi connectivity index (χ1n) is 3.95. The van der Waals surface area contributed by atoms with Crippen LogP contribution in [-0.4, -0.2) is 6.10 Å². The zero-order valence-electron chi connectivity index (χ0n) is 6.10. The molecule has 1 aliphatic carbocycles. The van der Waals surface area contributed by atoms with Crippen molar-refractivity contribution < 1.29 is 5.11 Å². The van der Waals surface area contributed by atoms with Gasteiger partial charge in [0.25, 0.3) is 0 Å². The van der Waals surface area contributed by atoms with E-state index >= 15 is 0 Å². The number of hydrogen-bond donors (Lipinski definition) is 0. The van der Waals surface area contributed by atoms with Crippen LogP contribution < -0.4 is 0 Å². The molecule has 0 aliphatic heterocycles. The van der Waals surface area contributed by atoms with Gasteiger partial charge in [-0.25, -0.2) is 5.11 Å². The third-order valence-electron chi connectivity index (χ3n) is 2.20. The zero-order valence-corrected chi connectivity index (χ0v) is 6.10. The molecule has 0 aromatic carbocycles. The lowest BCUT2D eigenvalue weighted by atomic mass is 10.0. The van der Waals surface area contributed by atoms with Gasteiger partial charge < -0.3 is 0 Å². The van der Waals surface area contributed by atoms with Crippen molar-refractivity contribution in [1.82, 2.24) is 0 Å². The molecule has 1 nitrogen and oxygen atoms in total. The van der Waals surface area contributed by atoms with Crippen LogP contribution in [0.5, 0.6) is 0 Å². The molecule has 0 aromatic heterocycles. The molecule has 1 rings (SSSR count). The van der Waals surface area contributed by atoms with E-state index in [-0.39, 0.29) is 6.10 Å². The second-order valence-corrected chi connectivity index (χ2v) is 3.24. The third-order valence-corrected chi connectivity index (χ3v) is 2.20. The van der Waals surface area contributed by atoms with Crippen LogP contribution in [0.4, 0.5) is 0 Å². The standard InChI is InChI=1S/C8H15O/c1-7-3-2-4-8(9)6-5-7/h7-8H,2-6H2,1H3. The van der Waals surface area contributed by atoms with E-state index < -0.39 is 0 Å². The van der Waals surface area contributed by atoms with Gasteiger partial charge in [0.1, 0.15) is 0 Å². The summed E-state index contributed by atoms with van der Waals surface area (Å²) >= 11 is 0. The summed E-state index contributed by atoms with van der Waals surface area (Å²) < 4.78 is 0. The molecule has 1 heteroatoms. The molecule has 0 heterocycles. The minimum Gasteiger partial charge on any atom is -0.233 e. The first-order chi connectivity index (χ1) is 4.29. The lowest BCUT2D eigenvalue weighted by molar-refractivity contribution is 0.0750. The highest BCUT2D eigenvalue weighted by atomic mass is 16.3. The summed E-state index contributed by atoms with van der Waals surface area (Å²) in [5.74, 6) is 0.809. The average molecular weight is 127 g/mol. The molecule has 9 heavy (non-hydrogen) atoms. The molecule has 0 spiro atoms. The van der Waals surface area contributed by atoms with Crippen LogP contribution >= 0.6 is 0 Å². The largest absolute Gasteiger partial charge is 0.233 e. The van der Waals surface area contributed by atoms with Gasteiger partial charge in [0.2, 0.25) is 0 Å². The molecule has 0 saturated heterocycles. The van der Waals surface area contributed by atoms with Crippen molar-refractivity contribution >= 4 is 0 Å². The molecule has 1 aliphatic rings. The normalized spacial score (nSPS) is 38.0. The molecule has 2 atom stereocenters. The molecule has 1 saturated carbocycles. The lowest BCUT2D eigenvalue weighted by Gasteiger charge is -2.03. The second kappa shape index (κ2) is 3.21. The molecule has 0 aromatic rings. The Kier molecular flexibility index (Phi) is 2.52. The van der Waals surface area contributed by atoms with Crippen molar-refractivity contribution in [1.29, 1.82) is 0 Å². The minimum absolute atomic E-state index is 0.241. The topological polar surface area (TPSA) is 19.9 Å². The quantitative estimate of drug-likeness (QED) is 0.445. The predicted octanol–water partition coefficient (Wildman–Crippen LogP) is 2.39. The fraction of sp³-hybridized carbons (Fsp3) is 1.00. The Morgan fingerprint density at radius 1 is 1.11 bits per heavy atom. The van der Waals surface area contributed by atoms with Crippen molar-refractivity contribution in [2.24, 2.45) is 5.92 Å². The van der Waals surface area contributed by atoms with E-state index in [4.69, 9.17) is 0 Å². The monoisotopic (exact) mass is 127 g/mol. The van der Waals surface area contributed by atoms with Crippen LogP contribution in [-0.2, 0) is 5.11 Å². The Labute approximate surface area is 57.1 Å². The van der Waals surface area contributed by atoms with Crippen molar-refractivity contribution in [3.63, 3.8) is 0 Å². The Morgan fingerprint density at radius 2 is 1.89 bits per heavy atom. The van der Waals surface area contributed by atoms with Gasteiger partial charge in [-0.05, 0) is 25.2 Å². The van der Waals surface area contributed by atoms with Gasteiger partial charge in [-0.2, -0.15) is 0 Å². The summed E-state index contributed by atoms with van der Waals surface area (Å²) in [6, 6.07) is 0. The zero-order chi connectivity index (χ0) is 6.69. The SMILES string of the molecule is CC1CCCC([O])CC1. The van der Waals surface area contributed by atoms with E-state index in [1.54, 1.807) is 0 Å². The molecule has 53 valence electrons. The van der Waals surface area contributed by atoms with Gasteiger partial charge >= 0.3 is 0 Å².